The van der Waals surface area contributed by atoms with E-state index in [0.717, 1.165) is 31.6 Å². The molecule has 0 bridgehead atoms. The molecule has 1 amide bonds. The minimum Gasteiger partial charge on any atom is -0.387 e. The van der Waals surface area contributed by atoms with Crippen LogP contribution in [0.25, 0.3) is 0 Å². The summed E-state index contributed by atoms with van der Waals surface area (Å²) in [4.78, 5) is 14.6. The summed E-state index contributed by atoms with van der Waals surface area (Å²) in [5.41, 5.74) is 1.52. The second-order valence-electron chi connectivity index (χ2n) is 5.00. The topological polar surface area (TPSA) is 32.3 Å². The molecule has 3 nitrogen and oxygen atoms in total. The molecule has 0 spiro atoms. The number of likely N-dealkylation sites (tertiary alicyclic amines) is 1. The lowest BCUT2D eigenvalue weighted by Gasteiger charge is -2.25. The van der Waals surface area contributed by atoms with Crippen molar-refractivity contribution in [2.75, 3.05) is 25.5 Å². The number of nitrogens with zero attached hydrogens (tertiary/aromatic N) is 1. The molecule has 0 saturated carbocycles. The molecule has 19 heavy (non-hydrogen) atoms. The van der Waals surface area contributed by atoms with E-state index in [4.69, 9.17) is 11.6 Å². The van der Waals surface area contributed by atoms with Crippen LogP contribution in [0.2, 0.25) is 5.02 Å². The molecule has 1 aliphatic rings. The Kier molecular flexibility index (Phi) is 5.08. The molecular formula is C15H21ClN2O. The maximum absolute atomic E-state index is 12.6. The van der Waals surface area contributed by atoms with Crippen LogP contribution in [0.4, 0.5) is 5.69 Å². The van der Waals surface area contributed by atoms with E-state index in [2.05, 4.69) is 5.32 Å². The van der Waals surface area contributed by atoms with Gasteiger partial charge in [-0.05, 0) is 31.0 Å². The van der Waals surface area contributed by atoms with Crippen LogP contribution in [0.5, 0.6) is 0 Å². The van der Waals surface area contributed by atoms with Crippen LogP contribution in [-0.4, -0.2) is 30.9 Å². The van der Waals surface area contributed by atoms with Crippen LogP contribution < -0.4 is 5.32 Å². The van der Waals surface area contributed by atoms with Crippen LogP contribution in [0, 0.1) is 0 Å². The van der Waals surface area contributed by atoms with Crippen LogP contribution in [0.3, 0.4) is 0 Å². The lowest BCUT2D eigenvalue weighted by Crippen LogP contribution is -2.34. The SMILES string of the molecule is CNc1ccc(Cl)cc1C(=O)N1CCCCCCC1. The molecule has 0 unspecified atom stereocenters. The first-order valence-electron chi connectivity index (χ1n) is 6.99. The number of amides is 1. The van der Waals surface area contributed by atoms with E-state index < -0.39 is 0 Å². The Morgan fingerprint density at radius 2 is 1.79 bits per heavy atom. The molecule has 1 N–H and O–H groups in total. The molecule has 0 aromatic heterocycles. The van der Waals surface area contributed by atoms with E-state index in [9.17, 15) is 4.79 Å². The fourth-order valence-electron chi connectivity index (χ4n) is 2.53. The number of halogens is 1. The summed E-state index contributed by atoms with van der Waals surface area (Å²) in [6.07, 6.45) is 5.93. The Balaban J connectivity index is 2.19. The van der Waals surface area contributed by atoms with Gasteiger partial charge in [0.1, 0.15) is 0 Å². The first kappa shape index (κ1) is 14.2. The van der Waals surface area contributed by atoms with Gasteiger partial charge in [-0.1, -0.05) is 30.9 Å². The summed E-state index contributed by atoms with van der Waals surface area (Å²) < 4.78 is 0. The Morgan fingerprint density at radius 1 is 1.16 bits per heavy atom. The van der Waals surface area contributed by atoms with Gasteiger partial charge in [-0.3, -0.25) is 4.79 Å². The van der Waals surface area contributed by atoms with E-state index in [1.54, 1.807) is 12.1 Å². The fraction of sp³-hybridized carbons (Fsp3) is 0.533. The number of carbonyl (C=O) groups is 1. The van der Waals surface area contributed by atoms with Crippen LogP contribution in [-0.2, 0) is 0 Å². The zero-order valence-corrected chi connectivity index (χ0v) is 12.2. The lowest BCUT2D eigenvalue weighted by atomic mass is 10.1. The van der Waals surface area contributed by atoms with Crippen molar-refractivity contribution in [1.82, 2.24) is 4.90 Å². The predicted molar refractivity (Wildman–Crippen MR) is 80.0 cm³/mol. The Labute approximate surface area is 119 Å². The molecule has 1 aromatic carbocycles. The zero-order chi connectivity index (χ0) is 13.7. The largest absolute Gasteiger partial charge is 0.387 e. The molecule has 4 heteroatoms. The van der Waals surface area contributed by atoms with Crippen molar-refractivity contribution in [3.05, 3.63) is 28.8 Å². The Hall–Kier alpha value is -1.22. The Morgan fingerprint density at radius 3 is 2.42 bits per heavy atom. The average Bonchev–Trinajstić information content (AvgIpc) is 2.37. The van der Waals surface area contributed by atoms with Crippen molar-refractivity contribution < 1.29 is 4.79 Å². The number of hydrogen-bond acceptors (Lipinski definition) is 2. The van der Waals surface area contributed by atoms with Gasteiger partial charge in [0.2, 0.25) is 0 Å². The summed E-state index contributed by atoms with van der Waals surface area (Å²) in [6, 6.07) is 5.42. The molecule has 1 aromatic rings. The zero-order valence-electron chi connectivity index (χ0n) is 11.4. The lowest BCUT2D eigenvalue weighted by molar-refractivity contribution is 0.0743. The van der Waals surface area contributed by atoms with Gasteiger partial charge < -0.3 is 10.2 Å². The normalized spacial score (nSPS) is 16.6. The fourth-order valence-corrected chi connectivity index (χ4v) is 2.70. The number of nitrogens with one attached hydrogen (secondary N) is 1. The van der Waals surface area contributed by atoms with Crippen molar-refractivity contribution in [1.29, 1.82) is 0 Å². The van der Waals surface area contributed by atoms with Gasteiger partial charge >= 0.3 is 0 Å². The van der Waals surface area contributed by atoms with Gasteiger partial charge in [0.25, 0.3) is 5.91 Å². The Bertz CT molecular complexity index is 440. The molecule has 0 atom stereocenters. The highest BCUT2D eigenvalue weighted by Crippen LogP contribution is 2.23. The summed E-state index contributed by atoms with van der Waals surface area (Å²) >= 11 is 6.02. The number of benzene rings is 1. The minimum atomic E-state index is 0.0914. The van der Waals surface area contributed by atoms with Gasteiger partial charge in [0.15, 0.2) is 0 Å². The molecular weight excluding hydrogens is 260 g/mol. The summed E-state index contributed by atoms with van der Waals surface area (Å²) in [5.74, 6) is 0.0914. The first-order valence-corrected chi connectivity index (χ1v) is 7.37. The van der Waals surface area contributed by atoms with Gasteiger partial charge in [-0.25, -0.2) is 0 Å². The molecule has 0 radical (unpaired) electrons. The number of anilines is 1. The third-order valence-corrected chi connectivity index (χ3v) is 3.86. The summed E-state index contributed by atoms with van der Waals surface area (Å²) in [7, 11) is 1.83. The standard InChI is InChI=1S/C15H21ClN2O/c1-17-14-8-7-12(16)11-13(14)15(19)18-9-5-3-2-4-6-10-18/h7-8,11,17H,2-6,9-10H2,1H3. The third kappa shape index (κ3) is 3.63. The molecule has 1 heterocycles. The second kappa shape index (κ2) is 6.80. The molecule has 0 aliphatic carbocycles. The van der Waals surface area contributed by atoms with Crippen molar-refractivity contribution in [3.8, 4) is 0 Å². The van der Waals surface area contributed by atoms with Crippen molar-refractivity contribution in [3.63, 3.8) is 0 Å². The van der Waals surface area contributed by atoms with Gasteiger partial charge in [0.05, 0.1) is 5.56 Å². The van der Waals surface area contributed by atoms with E-state index >= 15 is 0 Å². The van der Waals surface area contributed by atoms with Crippen LogP contribution in [0.1, 0.15) is 42.5 Å². The van der Waals surface area contributed by atoms with Gasteiger partial charge in [0, 0.05) is 30.8 Å². The molecule has 2 rings (SSSR count). The molecule has 1 aliphatic heterocycles. The predicted octanol–water partition coefficient (Wildman–Crippen LogP) is 3.79. The highest BCUT2D eigenvalue weighted by Gasteiger charge is 2.19. The molecule has 1 fully saturated rings. The summed E-state index contributed by atoms with van der Waals surface area (Å²) in [6.45, 7) is 1.71. The van der Waals surface area contributed by atoms with E-state index in [1.165, 1.54) is 19.3 Å². The number of hydrogen-bond donors (Lipinski definition) is 1. The van der Waals surface area contributed by atoms with Crippen LogP contribution in [0.15, 0.2) is 18.2 Å². The summed E-state index contributed by atoms with van der Waals surface area (Å²) in [5, 5.41) is 3.67. The number of carbonyl (C=O) groups excluding carboxylic acids is 1. The van der Waals surface area contributed by atoms with E-state index in [-0.39, 0.29) is 5.91 Å². The first-order chi connectivity index (χ1) is 9.22. The monoisotopic (exact) mass is 280 g/mol. The maximum atomic E-state index is 12.6. The van der Waals surface area contributed by atoms with Crippen molar-refractivity contribution in [2.24, 2.45) is 0 Å². The van der Waals surface area contributed by atoms with Gasteiger partial charge in [-0.15, -0.1) is 0 Å². The molecule has 104 valence electrons. The van der Waals surface area contributed by atoms with E-state index in [1.807, 2.05) is 18.0 Å². The quantitative estimate of drug-likeness (QED) is 0.894. The van der Waals surface area contributed by atoms with Crippen LogP contribution >= 0.6 is 11.6 Å². The average molecular weight is 281 g/mol. The maximum Gasteiger partial charge on any atom is 0.256 e. The van der Waals surface area contributed by atoms with E-state index in [0.29, 0.717) is 10.6 Å². The van der Waals surface area contributed by atoms with Crippen molar-refractivity contribution >= 4 is 23.2 Å². The minimum absolute atomic E-state index is 0.0914. The smallest absolute Gasteiger partial charge is 0.256 e. The number of rotatable bonds is 2. The van der Waals surface area contributed by atoms with Gasteiger partial charge in [-0.2, -0.15) is 0 Å². The highest BCUT2D eigenvalue weighted by atomic mass is 35.5. The van der Waals surface area contributed by atoms with Crippen molar-refractivity contribution in [2.45, 2.75) is 32.1 Å². The molecule has 1 saturated heterocycles. The highest BCUT2D eigenvalue weighted by molar-refractivity contribution is 6.31. The third-order valence-electron chi connectivity index (χ3n) is 3.62. The second-order valence-corrected chi connectivity index (χ2v) is 5.44.